The zero-order valence-corrected chi connectivity index (χ0v) is 15.0. The van der Waals surface area contributed by atoms with Gasteiger partial charge in [-0.05, 0) is 12.1 Å². The third-order valence-electron chi connectivity index (χ3n) is 4.43. The van der Waals surface area contributed by atoms with Crippen molar-refractivity contribution in [3.8, 4) is 5.75 Å². The molecule has 0 saturated carbocycles. The Kier molecular flexibility index (Phi) is 5.40. The Hall–Kier alpha value is -3.03. The molecule has 1 atom stereocenters. The van der Waals surface area contributed by atoms with Crippen molar-refractivity contribution in [3.05, 3.63) is 43.0 Å². The fraction of sp³-hybridized carbons (Fsp3) is 0.389. The molecule has 1 aliphatic rings. The number of aromatic nitrogens is 2. The first-order valence-electron chi connectivity index (χ1n) is 8.49. The smallest absolute Gasteiger partial charge is 0.317 e. The summed E-state index contributed by atoms with van der Waals surface area (Å²) in [6, 6.07) is 6.97. The monoisotopic (exact) mass is 357 g/mol. The lowest BCUT2D eigenvalue weighted by Gasteiger charge is -2.22. The van der Waals surface area contributed by atoms with Crippen LogP contribution in [0.3, 0.4) is 0 Å². The Morgan fingerprint density at radius 3 is 2.96 bits per heavy atom. The van der Waals surface area contributed by atoms with Crippen molar-refractivity contribution < 1.29 is 14.3 Å². The van der Waals surface area contributed by atoms with Gasteiger partial charge in [-0.2, -0.15) is 0 Å². The van der Waals surface area contributed by atoms with Crippen LogP contribution in [0, 0.1) is 0 Å². The third-order valence-corrected chi connectivity index (χ3v) is 4.43. The van der Waals surface area contributed by atoms with Crippen LogP contribution in [0.2, 0.25) is 0 Å². The number of anilines is 1. The Morgan fingerprint density at radius 2 is 2.23 bits per heavy atom. The summed E-state index contributed by atoms with van der Waals surface area (Å²) in [6.07, 6.45) is 5.55. The number of benzene rings is 1. The average molecular weight is 357 g/mol. The van der Waals surface area contributed by atoms with Gasteiger partial charge in [0.1, 0.15) is 5.75 Å². The number of amides is 3. The predicted octanol–water partition coefficient (Wildman–Crippen LogP) is 1.34. The molecule has 1 aromatic heterocycles. The molecule has 26 heavy (non-hydrogen) atoms. The summed E-state index contributed by atoms with van der Waals surface area (Å²) in [4.78, 5) is 32.0. The SMILES string of the molecule is COc1ccccc1N1C[C@@H](NC(=O)N(C)CCn2ccnc2)CC1=O. The lowest BCUT2D eigenvalue weighted by Crippen LogP contribution is -2.45. The number of ether oxygens (including phenoxy) is 1. The summed E-state index contributed by atoms with van der Waals surface area (Å²) in [5, 5.41) is 2.94. The van der Waals surface area contributed by atoms with Crippen LogP contribution in [0.4, 0.5) is 10.5 Å². The molecule has 8 heteroatoms. The van der Waals surface area contributed by atoms with Gasteiger partial charge in [0.15, 0.2) is 0 Å². The second kappa shape index (κ2) is 7.90. The van der Waals surface area contributed by atoms with Crippen LogP contribution < -0.4 is 15.0 Å². The molecule has 1 aromatic carbocycles. The molecule has 3 rings (SSSR count). The Labute approximate surface area is 152 Å². The van der Waals surface area contributed by atoms with E-state index in [0.29, 0.717) is 25.4 Å². The molecule has 0 spiro atoms. The van der Waals surface area contributed by atoms with Gasteiger partial charge < -0.3 is 24.4 Å². The fourth-order valence-electron chi connectivity index (χ4n) is 2.96. The lowest BCUT2D eigenvalue weighted by atomic mass is 10.2. The molecule has 0 unspecified atom stereocenters. The number of rotatable bonds is 6. The second-order valence-electron chi connectivity index (χ2n) is 6.25. The quantitative estimate of drug-likeness (QED) is 0.846. The van der Waals surface area contributed by atoms with Gasteiger partial charge in [0.25, 0.3) is 0 Å². The molecule has 1 N–H and O–H groups in total. The highest BCUT2D eigenvalue weighted by atomic mass is 16.5. The van der Waals surface area contributed by atoms with Crippen molar-refractivity contribution in [1.82, 2.24) is 19.8 Å². The average Bonchev–Trinajstić information content (AvgIpc) is 3.29. The topological polar surface area (TPSA) is 79.7 Å². The molecule has 0 radical (unpaired) electrons. The van der Waals surface area contributed by atoms with E-state index >= 15 is 0 Å². The molecule has 8 nitrogen and oxygen atoms in total. The first-order valence-corrected chi connectivity index (χ1v) is 8.49. The molecule has 1 aliphatic heterocycles. The van der Waals surface area contributed by atoms with E-state index in [9.17, 15) is 9.59 Å². The van der Waals surface area contributed by atoms with Crippen LogP contribution in [0.25, 0.3) is 0 Å². The van der Waals surface area contributed by atoms with Crippen molar-refractivity contribution in [1.29, 1.82) is 0 Å². The van der Waals surface area contributed by atoms with Gasteiger partial charge in [-0.25, -0.2) is 9.78 Å². The van der Waals surface area contributed by atoms with Gasteiger partial charge in [0.05, 0.1) is 25.2 Å². The molecule has 1 saturated heterocycles. The molecule has 0 bridgehead atoms. The summed E-state index contributed by atoms with van der Waals surface area (Å²) in [5.41, 5.74) is 0.727. The van der Waals surface area contributed by atoms with E-state index in [2.05, 4.69) is 10.3 Å². The van der Waals surface area contributed by atoms with Crippen LogP contribution in [0.1, 0.15) is 6.42 Å². The van der Waals surface area contributed by atoms with Gasteiger partial charge >= 0.3 is 6.03 Å². The van der Waals surface area contributed by atoms with E-state index in [4.69, 9.17) is 4.74 Å². The summed E-state index contributed by atoms with van der Waals surface area (Å²) in [7, 11) is 3.31. The van der Waals surface area contributed by atoms with E-state index in [-0.39, 0.29) is 24.4 Å². The zero-order chi connectivity index (χ0) is 18.5. The summed E-state index contributed by atoms with van der Waals surface area (Å²) >= 11 is 0. The van der Waals surface area contributed by atoms with Crippen molar-refractivity contribution in [2.45, 2.75) is 19.0 Å². The number of hydrogen-bond acceptors (Lipinski definition) is 4. The zero-order valence-electron chi connectivity index (χ0n) is 15.0. The van der Waals surface area contributed by atoms with Gasteiger partial charge in [-0.1, -0.05) is 12.1 Å². The molecular formula is C18H23N5O3. The number of urea groups is 1. The Bertz CT molecular complexity index is 762. The first kappa shape index (κ1) is 17.8. The van der Waals surface area contributed by atoms with Crippen LogP contribution in [0.5, 0.6) is 5.75 Å². The van der Waals surface area contributed by atoms with Gasteiger partial charge in [-0.3, -0.25) is 4.79 Å². The number of para-hydroxylation sites is 2. The fourth-order valence-corrected chi connectivity index (χ4v) is 2.96. The molecule has 2 heterocycles. The molecule has 2 aromatic rings. The first-order chi connectivity index (χ1) is 12.6. The summed E-state index contributed by atoms with van der Waals surface area (Å²) < 4.78 is 7.24. The van der Waals surface area contributed by atoms with Crippen LogP contribution in [0.15, 0.2) is 43.0 Å². The van der Waals surface area contributed by atoms with E-state index < -0.39 is 0 Å². The van der Waals surface area contributed by atoms with Crippen molar-refractivity contribution in [2.75, 3.05) is 32.1 Å². The third kappa shape index (κ3) is 3.96. The number of likely N-dealkylation sites (N-methyl/N-ethyl adjacent to an activating group) is 1. The molecule has 1 fully saturated rings. The number of nitrogens with zero attached hydrogens (tertiary/aromatic N) is 4. The van der Waals surface area contributed by atoms with Crippen molar-refractivity contribution >= 4 is 17.6 Å². The van der Waals surface area contributed by atoms with E-state index in [0.717, 1.165) is 5.69 Å². The van der Waals surface area contributed by atoms with E-state index in [1.165, 1.54) is 0 Å². The minimum Gasteiger partial charge on any atom is -0.495 e. The highest BCUT2D eigenvalue weighted by Gasteiger charge is 2.33. The van der Waals surface area contributed by atoms with Gasteiger partial charge in [-0.15, -0.1) is 0 Å². The number of methoxy groups -OCH3 is 1. The van der Waals surface area contributed by atoms with Gasteiger partial charge in [0, 0.05) is 45.5 Å². The highest BCUT2D eigenvalue weighted by molar-refractivity contribution is 5.98. The normalized spacial score (nSPS) is 16.6. The van der Waals surface area contributed by atoms with Crippen molar-refractivity contribution in [3.63, 3.8) is 0 Å². The number of nitrogens with one attached hydrogen (secondary N) is 1. The largest absolute Gasteiger partial charge is 0.495 e. The summed E-state index contributed by atoms with van der Waals surface area (Å²) in [6.45, 7) is 1.65. The highest BCUT2D eigenvalue weighted by Crippen LogP contribution is 2.30. The van der Waals surface area contributed by atoms with Crippen molar-refractivity contribution in [2.24, 2.45) is 0 Å². The van der Waals surface area contributed by atoms with Crippen LogP contribution in [-0.4, -0.2) is 59.7 Å². The number of carbonyl (C=O) groups excluding carboxylic acids is 2. The summed E-state index contributed by atoms with van der Waals surface area (Å²) in [5.74, 6) is 0.617. The molecule has 0 aliphatic carbocycles. The Balaban J connectivity index is 1.56. The number of carbonyl (C=O) groups is 2. The van der Waals surface area contributed by atoms with E-state index in [1.807, 2.05) is 35.0 Å². The maximum atomic E-state index is 12.4. The molecule has 3 amide bonds. The standard InChI is InChI=1S/C18H23N5O3/c1-21(9-10-22-8-7-19-13-22)18(25)20-14-11-17(24)23(12-14)15-5-3-4-6-16(15)26-2/h3-8,13-14H,9-12H2,1-2H3,(H,20,25)/t14-/m0/s1. The molecule has 138 valence electrons. The minimum atomic E-state index is -0.226. The maximum Gasteiger partial charge on any atom is 0.317 e. The number of imidazole rings is 1. The van der Waals surface area contributed by atoms with Gasteiger partial charge in [0.2, 0.25) is 5.91 Å². The molecular weight excluding hydrogens is 334 g/mol. The maximum absolute atomic E-state index is 12.4. The number of hydrogen-bond donors (Lipinski definition) is 1. The predicted molar refractivity (Wildman–Crippen MR) is 97.1 cm³/mol. The second-order valence-corrected chi connectivity index (χ2v) is 6.25. The minimum absolute atomic E-state index is 0.0270. The van der Waals surface area contributed by atoms with Crippen LogP contribution >= 0.6 is 0 Å². The Morgan fingerprint density at radius 1 is 1.42 bits per heavy atom. The van der Waals surface area contributed by atoms with E-state index in [1.54, 1.807) is 36.5 Å². The lowest BCUT2D eigenvalue weighted by molar-refractivity contribution is -0.117. The van der Waals surface area contributed by atoms with Crippen LogP contribution in [-0.2, 0) is 11.3 Å².